The number of hydrogen-bond acceptors (Lipinski definition) is 5. The molecule has 0 saturated carbocycles. The predicted molar refractivity (Wildman–Crippen MR) is 74.6 cm³/mol. The maximum Gasteiger partial charge on any atom is 0.332 e. The standard InChI is InChI=1S/C13H8BrN3O3/c1-8-4-10(2-3-11(8)14)20-13-12(17(18)19)5-9(6-15)7-16-13/h2-5,7H,1H3. The molecule has 0 aliphatic heterocycles. The van der Waals surface area contributed by atoms with Crippen LogP contribution in [-0.2, 0) is 0 Å². The van der Waals surface area contributed by atoms with Gasteiger partial charge in [0.25, 0.3) is 5.88 Å². The summed E-state index contributed by atoms with van der Waals surface area (Å²) >= 11 is 3.36. The molecule has 0 spiro atoms. The van der Waals surface area contributed by atoms with E-state index in [1.54, 1.807) is 24.3 Å². The summed E-state index contributed by atoms with van der Waals surface area (Å²) in [5.74, 6) is 0.293. The number of halogens is 1. The van der Waals surface area contributed by atoms with Crippen LogP contribution in [0.2, 0.25) is 0 Å². The number of nitrogens with zero attached hydrogens (tertiary/aromatic N) is 3. The number of nitro groups is 1. The van der Waals surface area contributed by atoms with E-state index in [1.807, 2.05) is 6.92 Å². The molecule has 0 radical (unpaired) electrons. The van der Waals surface area contributed by atoms with E-state index < -0.39 is 4.92 Å². The topological polar surface area (TPSA) is 89.0 Å². The van der Waals surface area contributed by atoms with Gasteiger partial charge in [-0.25, -0.2) is 4.98 Å². The van der Waals surface area contributed by atoms with E-state index in [0.29, 0.717) is 5.75 Å². The highest BCUT2D eigenvalue weighted by molar-refractivity contribution is 9.10. The lowest BCUT2D eigenvalue weighted by atomic mass is 10.2. The Hall–Kier alpha value is -2.46. The quantitative estimate of drug-likeness (QED) is 0.630. The Morgan fingerprint density at radius 3 is 2.80 bits per heavy atom. The van der Waals surface area contributed by atoms with Crippen molar-refractivity contribution in [1.29, 1.82) is 5.26 Å². The molecule has 0 aliphatic carbocycles. The highest BCUT2D eigenvalue weighted by Crippen LogP contribution is 2.31. The number of aromatic nitrogens is 1. The van der Waals surface area contributed by atoms with Gasteiger partial charge >= 0.3 is 5.69 Å². The molecule has 1 heterocycles. The zero-order chi connectivity index (χ0) is 14.7. The molecule has 6 nitrogen and oxygen atoms in total. The van der Waals surface area contributed by atoms with Crippen LogP contribution in [0.5, 0.6) is 11.6 Å². The number of nitriles is 1. The number of ether oxygens (including phenoxy) is 1. The second-order valence-corrected chi connectivity index (χ2v) is 4.78. The van der Waals surface area contributed by atoms with Crippen LogP contribution < -0.4 is 4.74 Å². The largest absolute Gasteiger partial charge is 0.434 e. The highest BCUT2D eigenvalue weighted by atomic mass is 79.9. The van der Waals surface area contributed by atoms with Crippen molar-refractivity contribution in [3.05, 3.63) is 56.2 Å². The molecule has 100 valence electrons. The fourth-order valence-corrected chi connectivity index (χ4v) is 1.75. The molecule has 1 aromatic carbocycles. The molecule has 1 aromatic heterocycles. The predicted octanol–water partition coefficient (Wildman–Crippen LogP) is 3.72. The molecule has 0 amide bonds. The van der Waals surface area contributed by atoms with Gasteiger partial charge in [0.1, 0.15) is 11.8 Å². The lowest BCUT2D eigenvalue weighted by molar-refractivity contribution is -0.386. The Morgan fingerprint density at radius 2 is 2.20 bits per heavy atom. The van der Waals surface area contributed by atoms with E-state index in [1.165, 1.54) is 6.20 Å². The zero-order valence-electron chi connectivity index (χ0n) is 10.3. The molecule has 0 atom stereocenters. The van der Waals surface area contributed by atoms with Crippen molar-refractivity contribution >= 4 is 21.6 Å². The average molecular weight is 334 g/mol. The Balaban J connectivity index is 2.40. The molecular weight excluding hydrogens is 326 g/mol. The van der Waals surface area contributed by atoms with Crippen molar-refractivity contribution in [3.63, 3.8) is 0 Å². The fourth-order valence-electron chi connectivity index (χ4n) is 1.50. The minimum Gasteiger partial charge on any atom is -0.434 e. The van der Waals surface area contributed by atoms with Crippen molar-refractivity contribution in [1.82, 2.24) is 4.98 Å². The fraction of sp³-hybridized carbons (Fsp3) is 0.0769. The van der Waals surface area contributed by atoms with Gasteiger partial charge in [0.15, 0.2) is 0 Å². The molecule has 2 rings (SSSR count). The minimum absolute atomic E-state index is 0.107. The van der Waals surface area contributed by atoms with Crippen molar-refractivity contribution in [2.75, 3.05) is 0 Å². The van der Waals surface area contributed by atoms with Crippen molar-refractivity contribution in [2.45, 2.75) is 6.92 Å². The third-order valence-corrected chi connectivity index (χ3v) is 3.39. The van der Waals surface area contributed by atoms with Gasteiger partial charge in [-0.2, -0.15) is 5.26 Å². The zero-order valence-corrected chi connectivity index (χ0v) is 11.9. The molecule has 2 aromatic rings. The summed E-state index contributed by atoms with van der Waals surface area (Å²) in [6.07, 6.45) is 1.23. The van der Waals surface area contributed by atoms with E-state index in [4.69, 9.17) is 10.00 Å². The first-order valence-electron chi connectivity index (χ1n) is 5.50. The van der Waals surface area contributed by atoms with Gasteiger partial charge in [0.05, 0.1) is 10.5 Å². The van der Waals surface area contributed by atoms with Gasteiger partial charge in [-0.3, -0.25) is 10.1 Å². The second kappa shape index (κ2) is 5.67. The third-order valence-electron chi connectivity index (χ3n) is 2.50. The maximum absolute atomic E-state index is 11.0. The van der Waals surface area contributed by atoms with E-state index in [0.717, 1.165) is 16.1 Å². The van der Waals surface area contributed by atoms with Crippen LogP contribution in [0, 0.1) is 28.4 Å². The van der Waals surface area contributed by atoms with Crippen LogP contribution in [0.15, 0.2) is 34.9 Å². The number of hydrogen-bond donors (Lipinski definition) is 0. The van der Waals surface area contributed by atoms with Gasteiger partial charge < -0.3 is 4.74 Å². The van der Waals surface area contributed by atoms with Crippen molar-refractivity contribution in [3.8, 4) is 17.7 Å². The van der Waals surface area contributed by atoms with E-state index >= 15 is 0 Å². The first kappa shape index (κ1) is 14.0. The molecule has 0 saturated heterocycles. The summed E-state index contributed by atoms with van der Waals surface area (Å²) in [6.45, 7) is 1.87. The Bertz CT molecular complexity index is 725. The normalized spacial score (nSPS) is 9.85. The van der Waals surface area contributed by atoms with Crippen molar-refractivity contribution in [2.24, 2.45) is 0 Å². The molecule has 0 bridgehead atoms. The maximum atomic E-state index is 11.0. The summed E-state index contributed by atoms with van der Waals surface area (Å²) in [5.41, 5.74) is 0.694. The number of pyridine rings is 1. The lowest BCUT2D eigenvalue weighted by Crippen LogP contribution is -1.97. The van der Waals surface area contributed by atoms with Crippen LogP contribution >= 0.6 is 15.9 Å². The summed E-state index contributed by atoms with van der Waals surface area (Å²) in [6, 6.07) is 8.11. The summed E-state index contributed by atoms with van der Waals surface area (Å²) in [4.78, 5) is 14.2. The molecule has 0 N–H and O–H groups in total. The number of rotatable bonds is 3. The summed E-state index contributed by atoms with van der Waals surface area (Å²) in [5, 5.41) is 19.7. The molecule has 0 unspecified atom stereocenters. The van der Waals surface area contributed by atoms with Crippen LogP contribution in [0.1, 0.15) is 11.1 Å². The Labute approximate surface area is 122 Å². The highest BCUT2D eigenvalue weighted by Gasteiger charge is 2.19. The van der Waals surface area contributed by atoms with E-state index in [2.05, 4.69) is 20.9 Å². The van der Waals surface area contributed by atoms with Gasteiger partial charge in [0.2, 0.25) is 0 Å². The lowest BCUT2D eigenvalue weighted by Gasteiger charge is -2.07. The smallest absolute Gasteiger partial charge is 0.332 e. The monoisotopic (exact) mass is 333 g/mol. The Morgan fingerprint density at radius 1 is 1.45 bits per heavy atom. The van der Waals surface area contributed by atoms with Crippen LogP contribution in [0.3, 0.4) is 0 Å². The number of aryl methyl sites for hydroxylation is 1. The van der Waals surface area contributed by atoms with E-state index in [-0.39, 0.29) is 17.1 Å². The first-order chi connectivity index (χ1) is 9.51. The summed E-state index contributed by atoms with van der Waals surface area (Å²) < 4.78 is 6.33. The number of benzene rings is 1. The van der Waals surface area contributed by atoms with E-state index in [9.17, 15) is 10.1 Å². The molecule has 20 heavy (non-hydrogen) atoms. The summed E-state index contributed by atoms with van der Waals surface area (Å²) in [7, 11) is 0. The van der Waals surface area contributed by atoms with Gasteiger partial charge in [-0.05, 0) is 30.7 Å². The SMILES string of the molecule is Cc1cc(Oc2ncc(C#N)cc2[N+](=O)[O-])ccc1Br. The second-order valence-electron chi connectivity index (χ2n) is 3.93. The molecular formula is C13H8BrN3O3. The molecule has 0 aliphatic rings. The average Bonchev–Trinajstić information content (AvgIpc) is 2.43. The Kier molecular flexibility index (Phi) is 3.96. The van der Waals surface area contributed by atoms with Crippen LogP contribution in [-0.4, -0.2) is 9.91 Å². The minimum atomic E-state index is -0.630. The third kappa shape index (κ3) is 2.92. The van der Waals surface area contributed by atoms with Gasteiger partial charge in [-0.15, -0.1) is 0 Å². The molecule has 7 heteroatoms. The van der Waals surface area contributed by atoms with Crippen LogP contribution in [0.25, 0.3) is 0 Å². The first-order valence-corrected chi connectivity index (χ1v) is 6.29. The van der Waals surface area contributed by atoms with Gasteiger partial charge in [-0.1, -0.05) is 15.9 Å². The van der Waals surface area contributed by atoms with Crippen LogP contribution in [0.4, 0.5) is 5.69 Å². The van der Waals surface area contributed by atoms with Gasteiger partial charge in [0, 0.05) is 16.7 Å². The molecule has 0 fully saturated rings. The van der Waals surface area contributed by atoms with Crippen molar-refractivity contribution < 1.29 is 9.66 Å².